The number of aromatic nitrogens is 1. The SMILES string of the molecule is CCc1cc(C(=O)O)c2c(c1)c(CCCO)c(C)n2C. The van der Waals surface area contributed by atoms with Gasteiger partial charge < -0.3 is 14.8 Å². The number of carboxylic acid groups (broad SMARTS) is 1. The van der Waals surface area contributed by atoms with Gasteiger partial charge in [-0.05, 0) is 49.4 Å². The molecule has 2 N–H and O–H groups in total. The molecule has 0 bridgehead atoms. The number of rotatable bonds is 5. The van der Waals surface area contributed by atoms with Crippen molar-refractivity contribution in [3.63, 3.8) is 0 Å². The summed E-state index contributed by atoms with van der Waals surface area (Å²) >= 11 is 0. The van der Waals surface area contributed by atoms with Crippen LogP contribution in [0.3, 0.4) is 0 Å². The van der Waals surface area contributed by atoms with Crippen LogP contribution in [0.15, 0.2) is 12.1 Å². The zero-order valence-corrected chi connectivity index (χ0v) is 12.2. The van der Waals surface area contributed by atoms with Crippen molar-refractivity contribution in [3.8, 4) is 0 Å². The summed E-state index contributed by atoms with van der Waals surface area (Å²) in [5.74, 6) is -0.889. The van der Waals surface area contributed by atoms with Crippen LogP contribution in [0.1, 0.15) is 40.5 Å². The normalized spacial score (nSPS) is 11.2. The molecule has 2 rings (SSSR count). The quantitative estimate of drug-likeness (QED) is 0.882. The fourth-order valence-corrected chi connectivity index (χ4v) is 2.79. The van der Waals surface area contributed by atoms with Crippen LogP contribution in [0.5, 0.6) is 0 Å². The first-order chi connectivity index (χ1) is 9.51. The lowest BCUT2D eigenvalue weighted by Gasteiger charge is -2.06. The van der Waals surface area contributed by atoms with Crippen LogP contribution in [0.2, 0.25) is 0 Å². The van der Waals surface area contributed by atoms with E-state index in [4.69, 9.17) is 5.11 Å². The third-order valence-electron chi connectivity index (χ3n) is 3.99. The van der Waals surface area contributed by atoms with Gasteiger partial charge in [0.25, 0.3) is 0 Å². The van der Waals surface area contributed by atoms with E-state index in [1.165, 1.54) is 0 Å². The van der Waals surface area contributed by atoms with Gasteiger partial charge in [0, 0.05) is 24.7 Å². The number of aryl methyl sites for hydroxylation is 3. The molecule has 0 amide bonds. The van der Waals surface area contributed by atoms with Crippen LogP contribution in [-0.2, 0) is 19.9 Å². The van der Waals surface area contributed by atoms with Gasteiger partial charge in [-0.3, -0.25) is 0 Å². The molecule has 0 radical (unpaired) electrons. The highest BCUT2D eigenvalue weighted by atomic mass is 16.4. The van der Waals surface area contributed by atoms with E-state index in [1.54, 1.807) is 6.07 Å². The second kappa shape index (κ2) is 5.67. The van der Waals surface area contributed by atoms with Crippen LogP contribution in [0.25, 0.3) is 10.9 Å². The maximum atomic E-state index is 11.5. The van der Waals surface area contributed by atoms with Crippen LogP contribution in [-0.4, -0.2) is 27.4 Å². The predicted molar refractivity (Wildman–Crippen MR) is 79.4 cm³/mol. The number of aromatic carboxylic acids is 1. The van der Waals surface area contributed by atoms with Crippen molar-refractivity contribution in [3.05, 3.63) is 34.5 Å². The van der Waals surface area contributed by atoms with Gasteiger partial charge >= 0.3 is 5.97 Å². The number of hydrogen-bond acceptors (Lipinski definition) is 2. The Bertz CT molecular complexity index is 656. The molecule has 4 nitrogen and oxygen atoms in total. The Morgan fingerprint density at radius 1 is 1.35 bits per heavy atom. The second-order valence-corrected chi connectivity index (χ2v) is 5.15. The molecule has 0 aliphatic heterocycles. The molecule has 1 heterocycles. The molecule has 108 valence electrons. The minimum absolute atomic E-state index is 0.148. The number of aliphatic hydroxyl groups is 1. The zero-order valence-electron chi connectivity index (χ0n) is 12.2. The van der Waals surface area contributed by atoms with Crippen molar-refractivity contribution < 1.29 is 15.0 Å². The molecule has 0 aliphatic carbocycles. The van der Waals surface area contributed by atoms with E-state index in [2.05, 4.69) is 6.07 Å². The fraction of sp³-hybridized carbons (Fsp3) is 0.438. The average Bonchev–Trinajstić information content (AvgIpc) is 2.68. The van der Waals surface area contributed by atoms with E-state index in [1.807, 2.05) is 25.5 Å². The molecule has 0 aliphatic rings. The van der Waals surface area contributed by atoms with Crippen molar-refractivity contribution in [2.45, 2.75) is 33.1 Å². The van der Waals surface area contributed by atoms with Gasteiger partial charge in [0.15, 0.2) is 0 Å². The summed E-state index contributed by atoms with van der Waals surface area (Å²) in [6.07, 6.45) is 2.27. The molecule has 0 saturated carbocycles. The Labute approximate surface area is 118 Å². The first-order valence-electron chi connectivity index (χ1n) is 6.96. The van der Waals surface area contributed by atoms with Gasteiger partial charge in [-0.25, -0.2) is 4.79 Å². The van der Waals surface area contributed by atoms with Crippen LogP contribution in [0.4, 0.5) is 0 Å². The smallest absolute Gasteiger partial charge is 0.337 e. The van der Waals surface area contributed by atoms with Gasteiger partial charge in [-0.1, -0.05) is 6.92 Å². The highest BCUT2D eigenvalue weighted by molar-refractivity contribution is 6.04. The van der Waals surface area contributed by atoms with Crippen LogP contribution >= 0.6 is 0 Å². The monoisotopic (exact) mass is 275 g/mol. The lowest BCUT2D eigenvalue weighted by atomic mass is 10.00. The zero-order chi connectivity index (χ0) is 14.9. The van der Waals surface area contributed by atoms with Crippen molar-refractivity contribution in [2.75, 3.05) is 6.61 Å². The van der Waals surface area contributed by atoms with E-state index < -0.39 is 5.97 Å². The molecule has 1 aromatic heterocycles. The van der Waals surface area contributed by atoms with E-state index in [9.17, 15) is 9.90 Å². The molecule has 4 heteroatoms. The molecular formula is C16H21NO3. The highest BCUT2D eigenvalue weighted by Crippen LogP contribution is 2.30. The van der Waals surface area contributed by atoms with E-state index >= 15 is 0 Å². The Kier molecular flexibility index (Phi) is 4.14. The van der Waals surface area contributed by atoms with Gasteiger partial charge in [-0.2, -0.15) is 0 Å². The number of fused-ring (bicyclic) bond motifs is 1. The number of nitrogens with zero attached hydrogens (tertiary/aromatic N) is 1. The molecule has 1 aromatic carbocycles. The number of aliphatic hydroxyl groups excluding tert-OH is 1. The minimum atomic E-state index is -0.889. The third-order valence-corrected chi connectivity index (χ3v) is 3.99. The molecule has 0 saturated heterocycles. The van der Waals surface area contributed by atoms with Gasteiger partial charge in [0.1, 0.15) is 0 Å². The summed E-state index contributed by atoms with van der Waals surface area (Å²) in [5, 5.41) is 19.5. The largest absolute Gasteiger partial charge is 0.478 e. The molecule has 0 atom stereocenters. The van der Waals surface area contributed by atoms with E-state index in [0.29, 0.717) is 12.0 Å². The fourth-order valence-electron chi connectivity index (χ4n) is 2.79. The Hall–Kier alpha value is -1.81. The molecule has 0 fully saturated rings. The lowest BCUT2D eigenvalue weighted by molar-refractivity contribution is 0.0698. The van der Waals surface area contributed by atoms with E-state index in [0.717, 1.165) is 40.6 Å². The lowest BCUT2D eigenvalue weighted by Crippen LogP contribution is -2.02. The van der Waals surface area contributed by atoms with Crippen molar-refractivity contribution >= 4 is 16.9 Å². The summed E-state index contributed by atoms with van der Waals surface area (Å²) in [6.45, 7) is 4.18. The maximum absolute atomic E-state index is 11.5. The standard InChI is InChI=1S/C16H21NO3/c1-4-11-8-13-12(6-5-7-18)10(2)17(3)15(13)14(9-11)16(19)20/h8-9,18H,4-7H2,1-3H3,(H,19,20). The predicted octanol–water partition coefficient (Wildman–Crippen LogP) is 2.67. The van der Waals surface area contributed by atoms with Crippen LogP contribution in [0, 0.1) is 6.92 Å². The number of carboxylic acids is 1. The summed E-state index contributed by atoms with van der Waals surface area (Å²) in [5.41, 5.74) is 4.39. The number of hydrogen-bond donors (Lipinski definition) is 2. The number of carbonyl (C=O) groups is 1. The molecule has 0 spiro atoms. The summed E-state index contributed by atoms with van der Waals surface area (Å²) < 4.78 is 1.95. The second-order valence-electron chi connectivity index (χ2n) is 5.15. The van der Waals surface area contributed by atoms with Gasteiger partial charge in [0.2, 0.25) is 0 Å². The van der Waals surface area contributed by atoms with Crippen molar-refractivity contribution in [1.82, 2.24) is 4.57 Å². The van der Waals surface area contributed by atoms with Gasteiger partial charge in [0.05, 0.1) is 11.1 Å². The van der Waals surface area contributed by atoms with E-state index in [-0.39, 0.29) is 6.61 Å². The molecule has 20 heavy (non-hydrogen) atoms. The number of benzene rings is 1. The highest BCUT2D eigenvalue weighted by Gasteiger charge is 2.19. The van der Waals surface area contributed by atoms with Crippen molar-refractivity contribution in [1.29, 1.82) is 0 Å². The summed E-state index contributed by atoms with van der Waals surface area (Å²) in [6, 6.07) is 3.85. The average molecular weight is 275 g/mol. The summed E-state index contributed by atoms with van der Waals surface area (Å²) in [4.78, 5) is 11.5. The topological polar surface area (TPSA) is 62.5 Å². The minimum Gasteiger partial charge on any atom is -0.478 e. The Balaban J connectivity index is 2.78. The maximum Gasteiger partial charge on any atom is 0.337 e. The molecular weight excluding hydrogens is 254 g/mol. The van der Waals surface area contributed by atoms with Crippen molar-refractivity contribution in [2.24, 2.45) is 7.05 Å². The molecule has 0 unspecified atom stereocenters. The summed E-state index contributed by atoms with van der Waals surface area (Å²) in [7, 11) is 1.90. The van der Waals surface area contributed by atoms with Gasteiger partial charge in [-0.15, -0.1) is 0 Å². The van der Waals surface area contributed by atoms with Crippen LogP contribution < -0.4 is 0 Å². The first kappa shape index (κ1) is 14.6. The Morgan fingerprint density at radius 3 is 2.60 bits per heavy atom. The molecule has 2 aromatic rings. The first-order valence-corrected chi connectivity index (χ1v) is 6.96. The third kappa shape index (κ3) is 2.31. The Morgan fingerprint density at radius 2 is 2.05 bits per heavy atom.